The van der Waals surface area contributed by atoms with Crippen LogP contribution < -0.4 is 5.73 Å². The number of amides is 1. The molecule has 0 heterocycles. The van der Waals surface area contributed by atoms with E-state index in [9.17, 15) is 4.79 Å². The van der Waals surface area contributed by atoms with Gasteiger partial charge in [0.25, 0.3) is 0 Å². The molecule has 2 unspecified atom stereocenters. The summed E-state index contributed by atoms with van der Waals surface area (Å²) < 4.78 is 0. The standard InChI is InChI=1S/C13H20N4O/c14-6-2-8-17(9-3-7-15)13(18)12-5-1-4-11(12)10-16/h11-12H,1-5,8-10,16H2. The third-order valence-corrected chi connectivity index (χ3v) is 3.58. The summed E-state index contributed by atoms with van der Waals surface area (Å²) in [5.74, 6) is 0.338. The van der Waals surface area contributed by atoms with Crippen molar-refractivity contribution in [3.63, 3.8) is 0 Å². The summed E-state index contributed by atoms with van der Waals surface area (Å²) >= 11 is 0. The highest BCUT2D eigenvalue weighted by Crippen LogP contribution is 2.32. The van der Waals surface area contributed by atoms with Crippen molar-refractivity contribution in [3.8, 4) is 12.1 Å². The van der Waals surface area contributed by atoms with Crippen LogP contribution in [0, 0.1) is 34.5 Å². The van der Waals surface area contributed by atoms with Crippen LogP contribution in [0.15, 0.2) is 0 Å². The molecule has 1 aliphatic carbocycles. The highest BCUT2D eigenvalue weighted by molar-refractivity contribution is 5.79. The second kappa shape index (κ2) is 7.68. The van der Waals surface area contributed by atoms with E-state index < -0.39 is 0 Å². The van der Waals surface area contributed by atoms with Gasteiger partial charge in [-0.15, -0.1) is 0 Å². The van der Waals surface area contributed by atoms with Gasteiger partial charge in [-0.25, -0.2) is 0 Å². The lowest BCUT2D eigenvalue weighted by Gasteiger charge is -2.26. The molecule has 2 atom stereocenters. The fourth-order valence-corrected chi connectivity index (χ4v) is 2.58. The lowest BCUT2D eigenvalue weighted by Crippen LogP contribution is -2.40. The Morgan fingerprint density at radius 1 is 1.22 bits per heavy atom. The van der Waals surface area contributed by atoms with E-state index in [1.165, 1.54) is 0 Å². The van der Waals surface area contributed by atoms with Crippen molar-refractivity contribution in [2.45, 2.75) is 32.1 Å². The summed E-state index contributed by atoms with van der Waals surface area (Å²) in [4.78, 5) is 14.0. The molecule has 0 aromatic rings. The Balaban J connectivity index is 2.62. The topological polar surface area (TPSA) is 93.9 Å². The van der Waals surface area contributed by atoms with Gasteiger partial charge >= 0.3 is 0 Å². The van der Waals surface area contributed by atoms with Gasteiger partial charge in [0.05, 0.1) is 25.0 Å². The molecule has 0 bridgehead atoms. The third kappa shape index (κ3) is 3.72. The van der Waals surface area contributed by atoms with Gasteiger partial charge in [0.2, 0.25) is 5.91 Å². The first-order valence-corrected chi connectivity index (χ1v) is 6.47. The van der Waals surface area contributed by atoms with E-state index in [2.05, 4.69) is 0 Å². The van der Waals surface area contributed by atoms with E-state index in [0.29, 0.717) is 32.5 Å². The molecule has 0 aromatic heterocycles. The van der Waals surface area contributed by atoms with Crippen molar-refractivity contribution in [2.75, 3.05) is 19.6 Å². The highest BCUT2D eigenvalue weighted by atomic mass is 16.2. The molecule has 2 N–H and O–H groups in total. The number of nitrogens with zero attached hydrogens (tertiary/aromatic N) is 3. The van der Waals surface area contributed by atoms with Crippen LogP contribution in [-0.2, 0) is 4.79 Å². The molecule has 0 aromatic carbocycles. The smallest absolute Gasteiger partial charge is 0.226 e. The maximum atomic E-state index is 12.4. The number of nitrogens with two attached hydrogens (primary N) is 1. The molecule has 0 radical (unpaired) electrons. The fourth-order valence-electron chi connectivity index (χ4n) is 2.58. The Morgan fingerprint density at radius 2 is 1.83 bits per heavy atom. The second-order valence-electron chi connectivity index (χ2n) is 4.67. The number of hydrogen-bond acceptors (Lipinski definition) is 4. The first kappa shape index (κ1) is 14.5. The molecule has 1 rings (SSSR count). The van der Waals surface area contributed by atoms with Crippen LogP contribution in [0.1, 0.15) is 32.1 Å². The summed E-state index contributed by atoms with van der Waals surface area (Å²) in [6.07, 6.45) is 3.57. The Hall–Kier alpha value is -1.59. The van der Waals surface area contributed by atoms with E-state index in [1.54, 1.807) is 4.90 Å². The van der Waals surface area contributed by atoms with Crippen molar-refractivity contribution in [1.29, 1.82) is 10.5 Å². The molecule has 5 nitrogen and oxygen atoms in total. The summed E-state index contributed by atoms with van der Waals surface area (Å²) in [5, 5.41) is 17.2. The molecule has 5 heteroatoms. The van der Waals surface area contributed by atoms with Crippen LogP contribution in [0.4, 0.5) is 0 Å². The molecule has 1 saturated carbocycles. The minimum Gasteiger partial charge on any atom is -0.340 e. The van der Waals surface area contributed by atoms with E-state index in [-0.39, 0.29) is 17.7 Å². The number of carbonyl (C=O) groups excluding carboxylic acids is 1. The molecular weight excluding hydrogens is 228 g/mol. The number of carbonyl (C=O) groups is 1. The Kier molecular flexibility index (Phi) is 6.18. The minimum absolute atomic E-state index is 0.00705. The lowest BCUT2D eigenvalue weighted by atomic mass is 9.94. The average Bonchev–Trinajstić information content (AvgIpc) is 2.86. The molecule has 0 aliphatic heterocycles. The summed E-state index contributed by atoms with van der Waals surface area (Å²) in [6.45, 7) is 1.39. The molecule has 1 aliphatic rings. The van der Waals surface area contributed by atoms with Gasteiger partial charge in [0, 0.05) is 19.0 Å². The lowest BCUT2D eigenvalue weighted by molar-refractivity contribution is -0.136. The first-order valence-electron chi connectivity index (χ1n) is 6.47. The summed E-state index contributed by atoms with van der Waals surface area (Å²) in [7, 11) is 0. The van der Waals surface area contributed by atoms with Crippen molar-refractivity contribution in [1.82, 2.24) is 4.90 Å². The van der Waals surface area contributed by atoms with Gasteiger partial charge in [-0.05, 0) is 25.3 Å². The summed E-state index contributed by atoms with van der Waals surface area (Å²) in [6, 6.07) is 4.09. The van der Waals surface area contributed by atoms with Crippen LogP contribution in [0.2, 0.25) is 0 Å². The molecule has 0 saturated heterocycles. The van der Waals surface area contributed by atoms with Crippen LogP contribution in [-0.4, -0.2) is 30.4 Å². The largest absolute Gasteiger partial charge is 0.340 e. The average molecular weight is 248 g/mol. The normalized spacial score (nSPS) is 22.2. The van der Waals surface area contributed by atoms with Gasteiger partial charge in [-0.2, -0.15) is 10.5 Å². The molecular formula is C13H20N4O. The quantitative estimate of drug-likeness (QED) is 0.759. The monoisotopic (exact) mass is 248 g/mol. The predicted molar refractivity (Wildman–Crippen MR) is 66.9 cm³/mol. The van der Waals surface area contributed by atoms with Gasteiger partial charge in [0.1, 0.15) is 0 Å². The maximum absolute atomic E-state index is 12.4. The van der Waals surface area contributed by atoms with Crippen LogP contribution in [0.5, 0.6) is 0 Å². The van der Waals surface area contributed by atoms with Gasteiger partial charge in [0.15, 0.2) is 0 Å². The van der Waals surface area contributed by atoms with Crippen LogP contribution in [0.3, 0.4) is 0 Å². The zero-order valence-electron chi connectivity index (χ0n) is 10.6. The van der Waals surface area contributed by atoms with E-state index in [0.717, 1.165) is 19.3 Å². The van der Waals surface area contributed by atoms with E-state index in [4.69, 9.17) is 16.3 Å². The van der Waals surface area contributed by atoms with Crippen molar-refractivity contribution in [2.24, 2.45) is 17.6 Å². The Labute approximate surface area is 108 Å². The van der Waals surface area contributed by atoms with Crippen molar-refractivity contribution >= 4 is 5.91 Å². The maximum Gasteiger partial charge on any atom is 0.226 e. The first-order chi connectivity index (χ1) is 8.74. The molecule has 98 valence electrons. The minimum atomic E-state index is -0.00705. The predicted octanol–water partition coefficient (Wildman–Crippen LogP) is 1.02. The molecule has 1 amide bonds. The highest BCUT2D eigenvalue weighted by Gasteiger charge is 2.34. The Bertz CT molecular complexity index is 337. The molecule has 0 spiro atoms. The van der Waals surface area contributed by atoms with Gasteiger partial charge in [-0.3, -0.25) is 4.79 Å². The SMILES string of the molecule is N#CCCN(CCC#N)C(=O)C1CCCC1CN. The Morgan fingerprint density at radius 3 is 2.33 bits per heavy atom. The van der Waals surface area contributed by atoms with Crippen LogP contribution in [0.25, 0.3) is 0 Å². The number of hydrogen-bond donors (Lipinski definition) is 1. The summed E-state index contributed by atoms with van der Waals surface area (Å²) in [5.41, 5.74) is 5.69. The molecule has 18 heavy (non-hydrogen) atoms. The van der Waals surface area contributed by atoms with E-state index >= 15 is 0 Å². The third-order valence-electron chi connectivity index (χ3n) is 3.58. The zero-order valence-corrected chi connectivity index (χ0v) is 10.6. The van der Waals surface area contributed by atoms with Crippen molar-refractivity contribution < 1.29 is 4.79 Å². The number of nitriles is 2. The van der Waals surface area contributed by atoms with Gasteiger partial charge < -0.3 is 10.6 Å². The zero-order chi connectivity index (χ0) is 13.4. The fraction of sp³-hybridized carbons (Fsp3) is 0.769. The van der Waals surface area contributed by atoms with Gasteiger partial charge in [-0.1, -0.05) is 6.42 Å². The van der Waals surface area contributed by atoms with Crippen molar-refractivity contribution in [3.05, 3.63) is 0 Å². The number of rotatable bonds is 6. The van der Waals surface area contributed by atoms with Crippen LogP contribution >= 0.6 is 0 Å². The van der Waals surface area contributed by atoms with E-state index in [1.807, 2.05) is 12.1 Å². The molecule has 1 fully saturated rings. The second-order valence-corrected chi connectivity index (χ2v) is 4.67.